The summed E-state index contributed by atoms with van der Waals surface area (Å²) in [5, 5.41) is 11.9. The molecule has 7 nitrogen and oxygen atoms in total. The van der Waals surface area contributed by atoms with Crippen LogP contribution in [0.15, 0.2) is 0 Å². The lowest BCUT2D eigenvalue weighted by Crippen LogP contribution is -2.49. The zero-order valence-corrected chi connectivity index (χ0v) is 14.6. The highest BCUT2D eigenvalue weighted by Crippen LogP contribution is 2.30. The van der Waals surface area contributed by atoms with Crippen molar-refractivity contribution < 1.29 is 4.79 Å². The van der Waals surface area contributed by atoms with E-state index in [1.165, 1.54) is 19.4 Å². The number of piperazine rings is 1. The summed E-state index contributed by atoms with van der Waals surface area (Å²) in [6.07, 6.45) is 4.88. The van der Waals surface area contributed by atoms with E-state index >= 15 is 0 Å². The maximum atomic E-state index is 12.8. The molecule has 2 aliphatic heterocycles. The van der Waals surface area contributed by atoms with Crippen molar-refractivity contribution in [3.8, 4) is 0 Å². The largest absolute Gasteiger partial charge is 0.335 e. The lowest BCUT2D eigenvalue weighted by molar-refractivity contribution is 0.0625. The minimum atomic E-state index is 0.0544. The van der Waals surface area contributed by atoms with Crippen molar-refractivity contribution >= 4 is 5.91 Å². The lowest BCUT2D eigenvalue weighted by Gasteiger charge is -2.34. The van der Waals surface area contributed by atoms with E-state index in [0.717, 1.165) is 63.7 Å². The van der Waals surface area contributed by atoms with Gasteiger partial charge in [0, 0.05) is 32.7 Å². The average molecular weight is 332 g/mol. The molecule has 1 aromatic heterocycles. The lowest BCUT2D eigenvalue weighted by atomic mass is 10.1. The van der Waals surface area contributed by atoms with Crippen LogP contribution in [0, 0.1) is 12.8 Å². The van der Waals surface area contributed by atoms with Crippen LogP contribution >= 0.6 is 0 Å². The number of carbonyl (C=O) groups excluding carboxylic acids is 1. The van der Waals surface area contributed by atoms with Crippen molar-refractivity contribution in [1.29, 1.82) is 0 Å². The van der Waals surface area contributed by atoms with E-state index in [4.69, 9.17) is 0 Å². The molecule has 4 rings (SSSR count). The Hall–Kier alpha value is -1.47. The van der Waals surface area contributed by atoms with Gasteiger partial charge in [0.25, 0.3) is 5.91 Å². The molecule has 24 heavy (non-hydrogen) atoms. The summed E-state index contributed by atoms with van der Waals surface area (Å²) in [5.41, 5.74) is 1.47. The molecule has 1 amide bonds. The minimum Gasteiger partial charge on any atom is -0.335 e. The van der Waals surface area contributed by atoms with E-state index in [1.807, 2.05) is 16.5 Å². The van der Waals surface area contributed by atoms with E-state index in [2.05, 4.69) is 20.5 Å². The fourth-order valence-corrected chi connectivity index (χ4v) is 3.89. The topological polar surface area (TPSA) is 66.3 Å². The summed E-state index contributed by atoms with van der Waals surface area (Å²) in [6.45, 7) is 8.82. The first-order valence-electron chi connectivity index (χ1n) is 9.36. The summed E-state index contributed by atoms with van der Waals surface area (Å²) in [4.78, 5) is 17.3. The van der Waals surface area contributed by atoms with E-state index in [1.54, 1.807) is 0 Å². The average Bonchev–Trinajstić information content (AvgIpc) is 3.35. The van der Waals surface area contributed by atoms with Crippen molar-refractivity contribution in [2.75, 3.05) is 45.8 Å². The molecule has 0 atom stereocenters. The standard InChI is InChI=1S/C17H28N6O/c1-13-16(19-20-23(13)15-4-6-18-7-5-15)17(24)22-10-8-21(9-11-22)12-14-2-3-14/h14-15,18H,2-12H2,1H3. The molecule has 1 aromatic rings. The normalized spacial score (nSPS) is 23.6. The Morgan fingerprint density at radius 1 is 1.12 bits per heavy atom. The van der Waals surface area contributed by atoms with Gasteiger partial charge in [0.05, 0.1) is 11.7 Å². The Labute approximate surface area is 143 Å². The number of amides is 1. The number of hydrogen-bond donors (Lipinski definition) is 1. The van der Waals surface area contributed by atoms with Gasteiger partial charge in [-0.1, -0.05) is 5.21 Å². The molecule has 132 valence electrons. The van der Waals surface area contributed by atoms with Gasteiger partial charge in [0.2, 0.25) is 0 Å². The number of nitrogens with zero attached hydrogens (tertiary/aromatic N) is 5. The van der Waals surface area contributed by atoms with Crippen LogP contribution in [-0.2, 0) is 0 Å². The predicted molar refractivity (Wildman–Crippen MR) is 91.0 cm³/mol. The van der Waals surface area contributed by atoms with Gasteiger partial charge in [-0.15, -0.1) is 5.10 Å². The van der Waals surface area contributed by atoms with Gasteiger partial charge in [-0.3, -0.25) is 9.69 Å². The Balaban J connectivity index is 1.38. The van der Waals surface area contributed by atoms with Gasteiger partial charge in [-0.2, -0.15) is 0 Å². The Morgan fingerprint density at radius 3 is 2.50 bits per heavy atom. The van der Waals surface area contributed by atoms with Crippen LogP contribution in [0.2, 0.25) is 0 Å². The van der Waals surface area contributed by atoms with E-state index in [-0.39, 0.29) is 5.91 Å². The molecule has 3 aliphatic rings. The molecule has 0 spiro atoms. The first-order valence-corrected chi connectivity index (χ1v) is 9.36. The molecule has 2 saturated heterocycles. The van der Waals surface area contributed by atoms with Crippen LogP contribution in [0.5, 0.6) is 0 Å². The molecule has 0 aromatic carbocycles. The summed E-state index contributed by atoms with van der Waals surface area (Å²) in [5.74, 6) is 0.970. The molecular weight excluding hydrogens is 304 g/mol. The fourth-order valence-electron chi connectivity index (χ4n) is 3.89. The Kier molecular flexibility index (Phi) is 4.54. The molecule has 0 radical (unpaired) electrons. The quantitative estimate of drug-likeness (QED) is 0.878. The maximum Gasteiger partial charge on any atom is 0.276 e. The summed E-state index contributed by atoms with van der Waals surface area (Å²) < 4.78 is 1.97. The zero-order valence-electron chi connectivity index (χ0n) is 14.6. The molecule has 3 fully saturated rings. The summed E-state index contributed by atoms with van der Waals surface area (Å²) in [6, 6.07) is 0.371. The molecule has 1 N–H and O–H groups in total. The molecule has 7 heteroatoms. The monoisotopic (exact) mass is 332 g/mol. The van der Waals surface area contributed by atoms with Gasteiger partial charge < -0.3 is 10.2 Å². The smallest absolute Gasteiger partial charge is 0.276 e. The first kappa shape index (κ1) is 16.0. The highest BCUT2D eigenvalue weighted by molar-refractivity contribution is 5.93. The van der Waals surface area contributed by atoms with Crippen molar-refractivity contribution in [3.05, 3.63) is 11.4 Å². The second-order valence-corrected chi connectivity index (χ2v) is 7.49. The van der Waals surface area contributed by atoms with Crippen molar-refractivity contribution in [2.24, 2.45) is 5.92 Å². The SMILES string of the molecule is Cc1c(C(=O)N2CCN(CC3CC3)CC2)nnn1C1CCNCC1. The van der Waals surface area contributed by atoms with Crippen molar-refractivity contribution in [2.45, 2.75) is 38.6 Å². The second kappa shape index (κ2) is 6.80. The number of carbonyl (C=O) groups is 1. The molecule has 3 heterocycles. The zero-order chi connectivity index (χ0) is 16.5. The van der Waals surface area contributed by atoms with Crippen LogP contribution in [-0.4, -0.2) is 76.5 Å². The number of piperidine rings is 1. The van der Waals surface area contributed by atoms with E-state index < -0.39 is 0 Å². The Bertz CT molecular complexity index is 582. The van der Waals surface area contributed by atoms with Crippen LogP contribution in [0.4, 0.5) is 0 Å². The van der Waals surface area contributed by atoms with Gasteiger partial charge in [-0.25, -0.2) is 4.68 Å². The molecule has 0 unspecified atom stereocenters. The van der Waals surface area contributed by atoms with Crippen molar-refractivity contribution in [3.63, 3.8) is 0 Å². The highest BCUT2D eigenvalue weighted by Gasteiger charge is 2.30. The molecule has 0 bridgehead atoms. The van der Waals surface area contributed by atoms with Crippen molar-refractivity contribution in [1.82, 2.24) is 30.1 Å². The highest BCUT2D eigenvalue weighted by atomic mass is 16.2. The number of aromatic nitrogens is 3. The molecule has 1 saturated carbocycles. The van der Waals surface area contributed by atoms with E-state index in [0.29, 0.717) is 11.7 Å². The van der Waals surface area contributed by atoms with Crippen LogP contribution < -0.4 is 5.32 Å². The first-order chi connectivity index (χ1) is 11.7. The molecule has 1 aliphatic carbocycles. The van der Waals surface area contributed by atoms with Crippen LogP contribution in [0.1, 0.15) is 47.9 Å². The fraction of sp³-hybridized carbons (Fsp3) is 0.824. The van der Waals surface area contributed by atoms with Gasteiger partial charge in [0.1, 0.15) is 0 Å². The predicted octanol–water partition coefficient (Wildman–Crippen LogP) is 0.679. The van der Waals surface area contributed by atoms with E-state index in [9.17, 15) is 4.79 Å². The third kappa shape index (κ3) is 3.32. The summed E-state index contributed by atoms with van der Waals surface area (Å²) in [7, 11) is 0. The van der Waals surface area contributed by atoms with Crippen LogP contribution in [0.3, 0.4) is 0 Å². The second-order valence-electron chi connectivity index (χ2n) is 7.49. The van der Waals surface area contributed by atoms with Gasteiger partial charge in [0.15, 0.2) is 5.69 Å². The third-order valence-corrected chi connectivity index (χ3v) is 5.66. The van der Waals surface area contributed by atoms with Crippen LogP contribution in [0.25, 0.3) is 0 Å². The number of nitrogens with one attached hydrogen (secondary N) is 1. The summed E-state index contributed by atoms with van der Waals surface area (Å²) >= 11 is 0. The van der Waals surface area contributed by atoms with Gasteiger partial charge >= 0.3 is 0 Å². The molecular formula is C17H28N6O. The number of rotatable bonds is 4. The third-order valence-electron chi connectivity index (χ3n) is 5.66. The Morgan fingerprint density at radius 2 is 1.83 bits per heavy atom. The van der Waals surface area contributed by atoms with Gasteiger partial charge in [-0.05, 0) is 51.6 Å². The minimum absolute atomic E-state index is 0.0544. The maximum absolute atomic E-state index is 12.8. The number of hydrogen-bond acceptors (Lipinski definition) is 5.